The number of aliphatic hydroxyl groups excluding tert-OH is 1. The Hall–Kier alpha value is -2.34. The van der Waals surface area contributed by atoms with Gasteiger partial charge in [-0.25, -0.2) is 9.97 Å². The maximum Gasteiger partial charge on any atom is 0.134 e. The minimum atomic E-state index is 0.177. The number of ether oxygens (including phenoxy) is 1. The molecule has 1 aromatic carbocycles. The van der Waals surface area contributed by atoms with Gasteiger partial charge in [-0.1, -0.05) is 6.07 Å². The number of benzene rings is 1. The van der Waals surface area contributed by atoms with E-state index in [1.165, 1.54) is 11.1 Å². The summed E-state index contributed by atoms with van der Waals surface area (Å²) in [5, 5.41) is 12.1. The number of aromatic nitrogens is 2. The Bertz CT molecular complexity index is 705. The van der Waals surface area contributed by atoms with Crippen LogP contribution in [0, 0.1) is 6.92 Å². The Morgan fingerprint density at radius 3 is 2.92 bits per heavy atom. The van der Waals surface area contributed by atoms with E-state index in [0.29, 0.717) is 13.0 Å². The molecule has 6 heteroatoms. The van der Waals surface area contributed by atoms with E-state index in [2.05, 4.69) is 32.3 Å². The topological polar surface area (TPSA) is 70.5 Å². The summed E-state index contributed by atoms with van der Waals surface area (Å²) in [5.74, 6) is 3.41. The molecule has 6 nitrogen and oxygen atoms in total. The lowest BCUT2D eigenvalue weighted by atomic mass is 9.99. The zero-order valence-electron chi connectivity index (χ0n) is 14.2. The van der Waals surface area contributed by atoms with Crippen molar-refractivity contribution >= 4 is 11.6 Å². The van der Waals surface area contributed by atoms with Gasteiger partial charge in [-0.15, -0.1) is 0 Å². The second kappa shape index (κ2) is 7.49. The SMILES string of the molecule is COc1ccc2c(c1)CCN(c1cc(NCCCO)nc(C)n1)C2. The Morgan fingerprint density at radius 1 is 1.25 bits per heavy atom. The Morgan fingerprint density at radius 2 is 2.12 bits per heavy atom. The van der Waals surface area contributed by atoms with Crippen LogP contribution in [0.5, 0.6) is 5.75 Å². The van der Waals surface area contributed by atoms with Crippen LogP contribution in [-0.4, -0.2) is 41.9 Å². The third-order valence-electron chi connectivity index (χ3n) is 4.22. The summed E-state index contributed by atoms with van der Waals surface area (Å²) in [6, 6.07) is 8.25. The highest BCUT2D eigenvalue weighted by atomic mass is 16.5. The molecule has 3 rings (SSSR count). The average molecular weight is 328 g/mol. The molecule has 24 heavy (non-hydrogen) atoms. The van der Waals surface area contributed by atoms with Crippen LogP contribution in [-0.2, 0) is 13.0 Å². The first-order valence-electron chi connectivity index (χ1n) is 8.31. The van der Waals surface area contributed by atoms with Crippen LogP contribution in [0.2, 0.25) is 0 Å². The molecule has 2 heterocycles. The summed E-state index contributed by atoms with van der Waals surface area (Å²) in [7, 11) is 1.70. The smallest absolute Gasteiger partial charge is 0.134 e. The predicted octanol–water partition coefficient (Wildman–Crippen LogP) is 2.15. The quantitative estimate of drug-likeness (QED) is 0.792. The molecule has 1 aliphatic rings. The zero-order chi connectivity index (χ0) is 16.9. The van der Waals surface area contributed by atoms with Gasteiger partial charge >= 0.3 is 0 Å². The van der Waals surface area contributed by atoms with E-state index < -0.39 is 0 Å². The minimum absolute atomic E-state index is 0.177. The fourth-order valence-electron chi connectivity index (χ4n) is 2.95. The summed E-state index contributed by atoms with van der Waals surface area (Å²) in [6.07, 6.45) is 1.68. The van der Waals surface area contributed by atoms with E-state index >= 15 is 0 Å². The van der Waals surface area contributed by atoms with Crippen molar-refractivity contribution < 1.29 is 9.84 Å². The van der Waals surface area contributed by atoms with Gasteiger partial charge in [0.25, 0.3) is 0 Å². The number of anilines is 2. The summed E-state index contributed by atoms with van der Waals surface area (Å²) in [4.78, 5) is 11.3. The third-order valence-corrected chi connectivity index (χ3v) is 4.22. The molecule has 0 spiro atoms. The summed E-state index contributed by atoms with van der Waals surface area (Å²) in [5.41, 5.74) is 2.66. The standard InChI is InChI=1S/C18H24N4O2/c1-13-20-17(19-7-3-9-23)11-18(21-13)22-8-6-14-10-16(24-2)5-4-15(14)12-22/h4-5,10-11,23H,3,6-9,12H2,1-2H3,(H,19,20,21). The molecule has 0 saturated heterocycles. The highest BCUT2D eigenvalue weighted by molar-refractivity contribution is 5.52. The normalized spacial score (nSPS) is 13.5. The van der Waals surface area contributed by atoms with Crippen molar-refractivity contribution in [2.24, 2.45) is 0 Å². The van der Waals surface area contributed by atoms with Gasteiger partial charge in [0.15, 0.2) is 0 Å². The molecule has 1 aromatic heterocycles. The number of methoxy groups -OCH3 is 1. The van der Waals surface area contributed by atoms with Crippen molar-refractivity contribution in [1.82, 2.24) is 9.97 Å². The largest absolute Gasteiger partial charge is 0.497 e. The van der Waals surface area contributed by atoms with E-state index in [0.717, 1.165) is 42.7 Å². The molecule has 0 amide bonds. The molecule has 0 atom stereocenters. The van der Waals surface area contributed by atoms with Gasteiger partial charge in [0, 0.05) is 32.3 Å². The number of hydrogen-bond acceptors (Lipinski definition) is 6. The van der Waals surface area contributed by atoms with Crippen LogP contribution in [0.25, 0.3) is 0 Å². The molecule has 128 valence electrons. The molecular weight excluding hydrogens is 304 g/mol. The van der Waals surface area contributed by atoms with Crippen LogP contribution in [0.3, 0.4) is 0 Å². The molecule has 2 N–H and O–H groups in total. The molecule has 0 aliphatic carbocycles. The van der Waals surface area contributed by atoms with Crippen molar-refractivity contribution in [2.45, 2.75) is 26.3 Å². The highest BCUT2D eigenvalue weighted by Gasteiger charge is 2.19. The van der Waals surface area contributed by atoms with Crippen molar-refractivity contribution in [1.29, 1.82) is 0 Å². The second-order valence-electron chi connectivity index (χ2n) is 5.97. The van der Waals surface area contributed by atoms with E-state index in [1.807, 2.05) is 19.1 Å². The van der Waals surface area contributed by atoms with Crippen LogP contribution in [0.15, 0.2) is 24.3 Å². The minimum Gasteiger partial charge on any atom is -0.497 e. The van der Waals surface area contributed by atoms with Crippen LogP contribution < -0.4 is 15.0 Å². The monoisotopic (exact) mass is 328 g/mol. The highest BCUT2D eigenvalue weighted by Crippen LogP contribution is 2.27. The van der Waals surface area contributed by atoms with Crippen molar-refractivity contribution in [3.8, 4) is 5.75 Å². The van der Waals surface area contributed by atoms with Gasteiger partial charge in [-0.2, -0.15) is 0 Å². The second-order valence-corrected chi connectivity index (χ2v) is 5.97. The number of fused-ring (bicyclic) bond motifs is 1. The predicted molar refractivity (Wildman–Crippen MR) is 94.7 cm³/mol. The number of aliphatic hydroxyl groups is 1. The number of nitrogens with zero attached hydrogens (tertiary/aromatic N) is 3. The van der Waals surface area contributed by atoms with Gasteiger partial charge in [-0.3, -0.25) is 0 Å². The summed E-state index contributed by atoms with van der Waals surface area (Å²) >= 11 is 0. The Labute approximate surface area is 142 Å². The van der Waals surface area contributed by atoms with Gasteiger partial charge in [0.05, 0.1) is 7.11 Å². The fourth-order valence-corrected chi connectivity index (χ4v) is 2.95. The van der Waals surface area contributed by atoms with Gasteiger partial charge < -0.3 is 20.1 Å². The maximum atomic E-state index is 8.90. The summed E-state index contributed by atoms with van der Waals surface area (Å²) < 4.78 is 5.31. The molecule has 0 fully saturated rings. The van der Waals surface area contributed by atoms with Gasteiger partial charge in [-0.05, 0) is 43.0 Å². The van der Waals surface area contributed by atoms with E-state index in [4.69, 9.17) is 9.84 Å². The molecule has 0 unspecified atom stereocenters. The first-order chi connectivity index (χ1) is 11.7. The first-order valence-corrected chi connectivity index (χ1v) is 8.31. The summed E-state index contributed by atoms with van der Waals surface area (Å²) in [6.45, 7) is 4.55. The molecule has 1 aliphatic heterocycles. The van der Waals surface area contributed by atoms with Crippen LogP contribution >= 0.6 is 0 Å². The third kappa shape index (κ3) is 3.76. The van der Waals surface area contributed by atoms with Crippen LogP contribution in [0.1, 0.15) is 23.4 Å². The molecule has 0 radical (unpaired) electrons. The number of hydrogen-bond donors (Lipinski definition) is 2. The Kier molecular flexibility index (Phi) is 5.15. The van der Waals surface area contributed by atoms with Crippen molar-refractivity contribution in [3.05, 3.63) is 41.2 Å². The van der Waals surface area contributed by atoms with Crippen molar-refractivity contribution in [3.63, 3.8) is 0 Å². The van der Waals surface area contributed by atoms with E-state index in [-0.39, 0.29) is 6.61 Å². The molecular formula is C18H24N4O2. The fraction of sp³-hybridized carbons (Fsp3) is 0.444. The molecule has 0 bridgehead atoms. The Balaban J connectivity index is 1.77. The lowest BCUT2D eigenvalue weighted by Gasteiger charge is -2.30. The van der Waals surface area contributed by atoms with Crippen LogP contribution in [0.4, 0.5) is 11.6 Å². The van der Waals surface area contributed by atoms with Gasteiger partial charge in [0.2, 0.25) is 0 Å². The number of nitrogens with one attached hydrogen (secondary N) is 1. The van der Waals surface area contributed by atoms with E-state index in [9.17, 15) is 0 Å². The molecule has 2 aromatic rings. The zero-order valence-corrected chi connectivity index (χ0v) is 14.2. The maximum absolute atomic E-state index is 8.90. The lowest BCUT2D eigenvalue weighted by molar-refractivity contribution is 0.292. The van der Waals surface area contributed by atoms with Crippen molar-refractivity contribution in [2.75, 3.05) is 37.0 Å². The van der Waals surface area contributed by atoms with E-state index in [1.54, 1.807) is 7.11 Å². The average Bonchev–Trinajstić information content (AvgIpc) is 2.60. The first kappa shape index (κ1) is 16.5. The number of aryl methyl sites for hydroxylation is 1. The number of rotatable bonds is 6. The molecule has 0 saturated carbocycles. The lowest BCUT2D eigenvalue weighted by Crippen LogP contribution is -2.31. The van der Waals surface area contributed by atoms with Gasteiger partial charge in [0.1, 0.15) is 23.2 Å².